The van der Waals surface area contributed by atoms with Crippen LogP contribution in [0.3, 0.4) is 0 Å². The van der Waals surface area contributed by atoms with E-state index in [1.807, 2.05) is 0 Å². The first-order valence-corrected chi connectivity index (χ1v) is 11.4. The molecule has 3 aliphatic rings. The monoisotopic (exact) mass is 403 g/mol. The number of hydrogen-bond acceptors (Lipinski definition) is 5. The molecule has 4 heterocycles. The van der Waals surface area contributed by atoms with Gasteiger partial charge in [-0.25, -0.2) is 8.42 Å². The summed E-state index contributed by atoms with van der Waals surface area (Å²) >= 11 is 0. The number of furan rings is 1. The smallest absolute Gasteiger partial charge is 0.287 e. The van der Waals surface area contributed by atoms with Crippen molar-refractivity contribution in [1.29, 1.82) is 0 Å². The summed E-state index contributed by atoms with van der Waals surface area (Å²) in [4.78, 5) is 15.2. The first kappa shape index (κ1) is 19.0. The van der Waals surface area contributed by atoms with E-state index in [2.05, 4.69) is 21.9 Å². The number of hydrogen-bond donors (Lipinski definition) is 2. The van der Waals surface area contributed by atoms with Crippen LogP contribution in [0, 0.1) is 5.92 Å². The quantitative estimate of drug-likeness (QED) is 0.800. The van der Waals surface area contributed by atoms with Gasteiger partial charge in [-0.05, 0) is 63.0 Å². The molecule has 8 heteroatoms. The van der Waals surface area contributed by atoms with E-state index in [0.717, 1.165) is 32.2 Å². The molecule has 2 atom stereocenters. The minimum Gasteiger partial charge on any atom is -0.451 e. The van der Waals surface area contributed by atoms with Gasteiger partial charge in [-0.2, -0.15) is 0 Å². The fourth-order valence-electron chi connectivity index (χ4n) is 4.36. The number of amides is 1. The van der Waals surface area contributed by atoms with Gasteiger partial charge >= 0.3 is 0 Å². The van der Waals surface area contributed by atoms with E-state index in [4.69, 9.17) is 4.42 Å². The Kier molecular flexibility index (Phi) is 4.93. The second-order valence-corrected chi connectivity index (χ2v) is 9.45. The third-order valence-electron chi connectivity index (χ3n) is 5.79. The van der Waals surface area contributed by atoms with Gasteiger partial charge in [0, 0.05) is 17.6 Å². The maximum atomic E-state index is 12.8. The Bertz CT molecular complexity index is 975. The standard InChI is InChI=1S/C20H25N3O4S/c1-13-19(14-9-11-23(13)12-10-14)21-20(24)18-8-7-17(27-18)15-5-3-4-6-16(15)22-28(2,25)26/h3-8,13-14,19,22H,9-12H2,1-2H3,(H,21,24)/t13-,19-/m0/s1. The van der Waals surface area contributed by atoms with Gasteiger partial charge in [-0.15, -0.1) is 0 Å². The minimum absolute atomic E-state index is 0.128. The fourth-order valence-corrected chi connectivity index (χ4v) is 4.94. The molecule has 0 radical (unpaired) electrons. The fraction of sp³-hybridized carbons (Fsp3) is 0.450. The SMILES string of the molecule is C[C@H]1[C@H](NC(=O)c2ccc(-c3ccccc3NS(C)(=O)=O)o2)C2CCN1CC2. The molecule has 3 saturated heterocycles. The third kappa shape index (κ3) is 3.79. The van der Waals surface area contributed by atoms with Crippen molar-refractivity contribution < 1.29 is 17.6 Å². The molecule has 0 saturated carbocycles. The molecule has 0 aliphatic carbocycles. The van der Waals surface area contributed by atoms with Gasteiger partial charge in [0.1, 0.15) is 5.76 Å². The molecule has 2 aromatic rings. The lowest BCUT2D eigenvalue weighted by Crippen LogP contribution is -2.62. The van der Waals surface area contributed by atoms with Crippen molar-refractivity contribution in [3.05, 3.63) is 42.2 Å². The van der Waals surface area contributed by atoms with Crippen molar-refractivity contribution in [2.45, 2.75) is 31.8 Å². The number of nitrogens with zero attached hydrogens (tertiary/aromatic N) is 1. The summed E-state index contributed by atoms with van der Waals surface area (Å²) < 4.78 is 31.5. The van der Waals surface area contributed by atoms with Gasteiger partial charge in [0.2, 0.25) is 10.0 Å². The van der Waals surface area contributed by atoms with E-state index in [-0.39, 0.29) is 17.7 Å². The summed E-state index contributed by atoms with van der Waals surface area (Å²) in [5, 5.41) is 3.15. The Hall–Kier alpha value is -2.32. The van der Waals surface area contributed by atoms with Crippen molar-refractivity contribution in [3.63, 3.8) is 0 Å². The van der Waals surface area contributed by atoms with Gasteiger partial charge in [-0.3, -0.25) is 14.4 Å². The molecule has 1 aromatic carbocycles. The second kappa shape index (κ2) is 7.25. The zero-order valence-electron chi connectivity index (χ0n) is 16.0. The number of para-hydroxylation sites is 1. The lowest BCUT2D eigenvalue weighted by molar-refractivity contribution is 0.0211. The highest BCUT2D eigenvalue weighted by Gasteiger charge is 2.40. The molecule has 3 aliphatic heterocycles. The van der Waals surface area contributed by atoms with Crippen LogP contribution in [0.1, 0.15) is 30.3 Å². The Morgan fingerprint density at radius 1 is 1.14 bits per heavy atom. The van der Waals surface area contributed by atoms with Gasteiger partial charge in [0.05, 0.1) is 11.9 Å². The van der Waals surface area contributed by atoms with E-state index >= 15 is 0 Å². The summed E-state index contributed by atoms with van der Waals surface area (Å²) in [5.41, 5.74) is 1.00. The Balaban J connectivity index is 1.53. The zero-order chi connectivity index (χ0) is 19.9. The van der Waals surface area contributed by atoms with Gasteiger partial charge < -0.3 is 9.73 Å². The van der Waals surface area contributed by atoms with Crippen LogP contribution in [0.25, 0.3) is 11.3 Å². The first-order valence-electron chi connectivity index (χ1n) is 9.54. The number of fused-ring (bicyclic) bond motifs is 3. The zero-order valence-corrected chi connectivity index (χ0v) is 16.8. The molecular weight excluding hydrogens is 378 g/mol. The third-order valence-corrected chi connectivity index (χ3v) is 6.38. The number of rotatable bonds is 5. The van der Waals surface area contributed by atoms with Crippen LogP contribution in [0.2, 0.25) is 0 Å². The van der Waals surface area contributed by atoms with Crippen LogP contribution in [0.4, 0.5) is 5.69 Å². The summed E-state index contributed by atoms with van der Waals surface area (Å²) in [6.07, 6.45) is 3.33. The lowest BCUT2D eigenvalue weighted by atomic mass is 9.79. The molecular formula is C20H25N3O4S. The predicted molar refractivity (Wildman–Crippen MR) is 108 cm³/mol. The molecule has 0 spiro atoms. The van der Waals surface area contributed by atoms with Gasteiger partial charge in [-0.1, -0.05) is 12.1 Å². The summed E-state index contributed by atoms with van der Waals surface area (Å²) in [7, 11) is -3.42. The van der Waals surface area contributed by atoms with E-state index < -0.39 is 10.0 Å². The largest absolute Gasteiger partial charge is 0.451 e. The number of benzene rings is 1. The van der Waals surface area contributed by atoms with Crippen molar-refractivity contribution in [2.75, 3.05) is 24.1 Å². The van der Waals surface area contributed by atoms with Crippen LogP contribution in [0.5, 0.6) is 0 Å². The molecule has 1 amide bonds. The van der Waals surface area contributed by atoms with E-state index in [1.54, 1.807) is 36.4 Å². The lowest BCUT2D eigenvalue weighted by Gasteiger charge is -2.49. The molecule has 1 aromatic heterocycles. The van der Waals surface area contributed by atoms with Crippen LogP contribution < -0.4 is 10.0 Å². The normalized spacial score (nSPS) is 26.8. The Labute approximate surface area is 165 Å². The topological polar surface area (TPSA) is 91.7 Å². The molecule has 2 bridgehead atoms. The molecule has 2 N–H and O–H groups in total. The molecule has 5 rings (SSSR count). The van der Waals surface area contributed by atoms with Gasteiger partial charge in [0.15, 0.2) is 5.76 Å². The molecule has 7 nitrogen and oxygen atoms in total. The average molecular weight is 404 g/mol. The van der Waals surface area contributed by atoms with E-state index in [1.165, 1.54) is 0 Å². The molecule has 0 unspecified atom stereocenters. The number of nitrogens with one attached hydrogen (secondary N) is 2. The minimum atomic E-state index is -3.42. The van der Waals surface area contributed by atoms with Crippen molar-refractivity contribution in [2.24, 2.45) is 5.92 Å². The van der Waals surface area contributed by atoms with Gasteiger partial charge in [0.25, 0.3) is 5.91 Å². The van der Waals surface area contributed by atoms with Crippen LogP contribution in [-0.2, 0) is 10.0 Å². The number of sulfonamides is 1. The highest BCUT2D eigenvalue weighted by molar-refractivity contribution is 7.92. The maximum Gasteiger partial charge on any atom is 0.287 e. The number of carbonyl (C=O) groups is 1. The number of anilines is 1. The summed E-state index contributed by atoms with van der Waals surface area (Å²) in [5.74, 6) is 0.954. The van der Waals surface area contributed by atoms with Crippen molar-refractivity contribution >= 4 is 21.6 Å². The Morgan fingerprint density at radius 3 is 2.54 bits per heavy atom. The highest BCUT2D eigenvalue weighted by atomic mass is 32.2. The van der Waals surface area contributed by atoms with Crippen LogP contribution in [-0.4, -0.2) is 50.7 Å². The van der Waals surface area contributed by atoms with E-state index in [0.29, 0.717) is 29.0 Å². The average Bonchev–Trinajstić information content (AvgIpc) is 3.14. The van der Waals surface area contributed by atoms with Crippen molar-refractivity contribution in [1.82, 2.24) is 10.2 Å². The van der Waals surface area contributed by atoms with Crippen molar-refractivity contribution in [3.8, 4) is 11.3 Å². The van der Waals surface area contributed by atoms with Crippen LogP contribution in [0.15, 0.2) is 40.8 Å². The summed E-state index contributed by atoms with van der Waals surface area (Å²) in [6.45, 7) is 4.37. The highest BCUT2D eigenvalue weighted by Crippen LogP contribution is 2.33. The first-order chi connectivity index (χ1) is 13.3. The second-order valence-electron chi connectivity index (χ2n) is 7.70. The summed E-state index contributed by atoms with van der Waals surface area (Å²) in [6, 6.07) is 10.7. The van der Waals surface area contributed by atoms with E-state index in [9.17, 15) is 13.2 Å². The maximum absolute atomic E-state index is 12.8. The molecule has 3 fully saturated rings. The predicted octanol–water partition coefficient (Wildman–Crippen LogP) is 2.53. The molecule has 28 heavy (non-hydrogen) atoms. The Morgan fingerprint density at radius 2 is 1.86 bits per heavy atom. The molecule has 150 valence electrons. The number of piperidine rings is 3. The van der Waals surface area contributed by atoms with Crippen LogP contribution >= 0.6 is 0 Å². The number of carbonyl (C=O) groups excluding carboxylic acids is 1.